The van der Waals surface area contributed by atoms with Crippen molar-refractivity contribution in [3.05, 3.63) is 35.9 Å². The Morgan fingerprint density at radius 3 is 2.81 bits per heavy atom. The van der Waals surface area contributed by atoms with E-state index in [-0.39, 0.29) is 5.91 Å². The standard InChI is InChI=1S/C13H17NO2/c1-16-10-12-7-13(15)14(9-12)8-11-5-3-2-4-6-11/h2-6,12H,7-10H2,1H3. The molecule has 1 aliphatic rings. The van der Waals surface area contributed by atoms with Gasteiger partial charge < -0.3 is 9.64 Å². The predicted octanol–water partition coefficient (Wildman–Crippen LogP) is 1.68. The van der Waals surface area contributed by atoms with Crippen LogP contribution >= 0.6 is 0 Å². The van der Waals surface area contributed by atoms with Gasteiger partial charge in [0.2, 0.25) is 5.91 Å². The Balaban J connectivity index is 1.94. The molecule has 1 heterocycles. The Bertz CT molecular complexity index is 350. The molecule has 0 radical (unpaired) electrons. The van der Waals surface area contributed by atoms with Gasteiger partial charge in [-0.3, -0.25) is 4.79 Å². The number of hydrogen-bond acceptors (Lipinski definition) is 2. The molecule has 16 heavy (non-hydrogen) atoms. The summed E-state index contributed by atoms with van der Waals surface area (Å²) in [5.74, 6) is 0.604. The summed E-state index contributed by atoms with van der Waals surface area (Å²) in [5, 5.41) is 0. The van der Waals surface area contributed by atoms with Crippen molar-refractivity contribution in [1.82, 2.24) is 4.90 Å². The Morgan fingerprint density at radius 2 is 2.12 bits per heavy atom. The van der Waals surface area contributed by atoms with Crippen LogP contribution in [0.2, 0.25) is 0 Å². The first-order valence-electron chi connectivity index (χ1n) is 5.60. The largest absolute Gasteiger partial charge is 0.384 e. The number of rotatable bonds is 4. The third kappa shape index (κ3) is 2.61. The van der Waals surface area contributed by atoms with E-state index in [1.54, 1.807) is 7.11 Å². The van der Waals surface area contributed by atoms with Gasteiger partial charge in [0, 0.05) is 32.5 Å². The normalized spacial score (nSPS) is 20.4. The van der Waals surface area contributed by atoms with Gasteiger partial charge in [-0.1, -0.05) is 30.3 Å². The van der Waals surface area contributed by atoms with Gasteiger partial charge in [0.25, 0.3) is 0 Å². The number of carbonyl (C=O) groups is 1. The van der Waals surface area contributed by atoms with Crippen LogP contribution in [-0.2, 0) is 16.1 Å². The predicted molar refractivity (Wildman–Crippen MR) is 61.8 cm³/mol. The number of likely N-dealkylation sites (tertiary alicyclic amines) is 1. The number of carbonyl (C=O) groups excluding carboxylic acids is 1. The highest BCUT2D eigenvalue weighted by Gasteiger charge is 2.29. The highest BCUT2D eigenvalue weighted by Crippen LogP contribution is 2.20. The van der Waals surface area contributed by atoms with Gasteiger partial charge in [-0.25, -0.2) is 0 Å². The lowest BCUT2D eigenvalue weighted by Crippen LogP contribution is -2.25. The summed E-state index contributed by atoms with van der Waals surface area (Å²) >= 11 is 0. The first-order valence-corrected chi connectivity index (χ1v) is 5.60. The van der Waals surface area contributed by atoms with E-state index in [2.05, 4.69) is 12.1 Å². The number of ether oxygens (including phenoxy) is 1. The quantitative estimate of drug-likeness (QED) is 0.771. The number of nitrogens with zero attached hydrogens (tertiary/aromatic N) is 1. The molecule has 1 aromatic carbocycles. The van der Waals surface area contributed by atoms with Crippen molar-refractivity contribution in [2.24, 2.45) is 5.92 Å². The van der Waals surface area contributed by atoms with Crippen LogP contribution < -0.4 is 0 Å². The lowest BCUT2D eigenvalue weighted by molar-refractivity contribution is -0.128. The Hall–Kier alpha value is -1.35. The zero-order valence-corrected chi connectivity index (χ0v) is 9.56. The molecular weight excluding hydrogens is 202 g/mol. The van der Waals surface area contributed by atoms with Crippen molar-refractivity contribution >= 4 is 5.91 Å². The summed E-state index contributed by atoms with van der Waals surface area (Å²) in [5.41, 5.74) is 1.19. The van der Waals surface area contributed by atoms with E-state index in [4.69, 9.17) is 4.74 Å². The van der Waals surface area contributed by atoms with E-state index in [9.17, 15) is 4.79 Å². The van der Waals surface area contributed by atoms with Crippen molar-refractivity contribution in [2.75, 3.05) is 20.3 Å². The number of methoxy groups -OCH3 is 1. The van der Waals surface area contributed by atoms with Gasteiger partial charge in [-0.2, -0.15) is 0 Å². The van der Waals surface area contributed by atoms with Crippen LogP contribution in [0.1, 0.15) is 12.0 Å². The third-order valence-corrected chi connectivity index (χ3v) is 2.91. The molecule has 0 spiro atoms. The second-order valence-corrected chi connectivity index (χ2v) is 4.29. The zero-order valence-electron chi connectivity index (χ0n) is 9.56. The summed E-state index contributed by atoms with van der Waals surface area (Å²) in [4.78, 5) is 13.6. The van der Waals surface area contributed by atoms with E-state index in [1.807, 2.05) is 23.1 Å². The van der Waals surface area contributed by atoms with Crippen LogP contribution in [0.25, 0.3) is 0 Å². The molecule has 1 fully saturated rings. The molecule has 86 valence electrons. The van der Waals surface area contributed by atoms with Gasteiger partial charge in [0.15, 0.2) is 0 Å². The number of hydrogen-bond donors (Lipinski definition) is 0. The smallest absolute Gasteiger partial charge is 0.223 e. The molecular formula is C13H17NO2. The fourth-order valence-electron chi connectivity index (χ4n) is 2.16. The molecule has 0 aromatic heterocycles. The van der Waals surface area contributed by atoms with Crippen molar-refractivity contribution in [1.29, 1.82) is 0 Å². The maximum atomic E-state index is 11.7. The van der Waals surface area contributed by atoms with E-state index >= 15 is 0 Å². The molecule has 3 nitrogen and oxygen atoms in total. The van der Waals surface area contributed by atoms with Crippen LogP contribution in [0.15, 0.2) is 30.3 Å². The summed E-state index contributed by atoms with van der Waals surface area (Å²) < 4.78 is 5.09. The topological polar surface area (TPSA) is 29.5 Å². The average molecular weight is 219 g/mol. The first kappa shape index (κ1) is 11.1. The Labute approximate surface area is 96.0 Å². The van der Waals surface area contributed by atoms with E-state index in [1.165, 1.54) is 5.56 Å². The Morgan fingerprint density at radius 1 is 1.38 bits per heavy atom. The zero-order chi connectivity index (χ0) is 11.4. The molecule has 1 aromatic rings. The monoisotopic (exact) mass is 219 g/mol. The summed E-state index contributed by atoms with van der Waals surface area (Å²) in [6.07, 6.45) is 0.626. The van der Waals surface area contributed by atoms with Crippen LogP contribution in [0.5, 0.6) is 0 Å². The lowest BCUT2D eigenvalue weighted by Gasteiger charge is -2.16. The fraction of sp³-hybridized carbons (Fsp3) is 0.462. The van der Waals surface area contributed by atoms with Crippen molar-refractivity contribution < 1.29 is 9.53 Å². The van der Waals surface area contributed by atoms with E-state index in [0.29, 0.717) is 18.9 Å². The van der Waals surface area contributed by atoms with Crippen LogP contribution in [0, 0.1) is 5.92 Å². The fourth-order valence-corrected chi connectivity index (χ4v) is 2.16. The van der Waals surface area contributed by atoms with Crippen molar-refractivity contribution in [3.8, 4) is 0 Å². The molecule has 2 rings (SSSR count). The SMILES string of the molecule is COCC1CC(=O)N(Cc2ccccc2)C1. The molecule has 1 atom stereocenters. The minimum atomic E-state index is 0.242. The number of benzene rings is 1. The van der Waals surface area contributed by atoms with Crippen LogP contribution in [-0.4, -0.2) is 31.1 Å². The molecule has 1 aliphatic heterocycles. The summed E-state index contributed by atoms with van der Waals surface area (Å²) in [7, 11) is 1.68. The maximum Gasteiger partial charge on any atom is 0.223 e. The van der Waals surface area contributed by atoms with Gasteiger partial charge in [-0.15, -0.1) is 0 Å². The minimum absolute atomic E-state index is 0.242. The highest BCUT2D eigenvalue weighted by molar-refractivity contribution is 5.78. The molecule has 0 bridgehead atoms. The second-order valence-electron chi connectivity index (χ2n) is 4.29. The van der Waals surface area contributed by atoms with Gasteiger partial charge in [0.1, 0.15) is 0 Å². The van der Waals surface area contributed by atoms with Gasteiger partial charge in [0.05, 0.1) is 6.61 Å². The van der Waals surface area contributed by atoms with Crippen molar-refractivity contribution in [2.45, 2.75) is 13.0 Å². The first-order chi connectivity index (χ1) is 7.79. The van der Waals surface area contributed by atoms with E-state index in [0.717, 1.165) is 13.1 Å². The van der Waals surface area contributed by atoms with E-state index < -0.39 is 0 Å². The molecule has 3 heteroatoms. The molecule has 1 amide bonds. The lowest BCUT2D eigenvalue weighted by atomic mass is 10.1. The highest BCUT2D eigenvalue weighted by atomic mass is 16.5. The molecule has 0 saturated carbocycles. The van der Waals surface area contributed by atoms with Crippen molar-refractivity contribution in [3.63, 3.8) is 0 Å². The summed E-state index contributed by atoms with van der Waals surface area (Å²) in [6, 6.07) is 10.1. The molecule has 0 aliphatic carbocycles. The summed E-state index contributed by atoms with van der Waals surface area (Å²) in [6.45, 7) is 2.22. The molecule has 0 N–H and O–H groups in total. The maximum absolute atomic E-state index is 11.7. The molecule has 1 saturated heterocycles. The second kappa shape index (κ2) is 5.12. The Kier molecular flexibility index (Phi) is 3.57. The van der Waals surface area contributed by atoms with Crippen LogP contribution in [0.4, 0.5) is 0 Å². The van der Waals surface area contributed by atoms with Gasteiger partial charge >= 0.3 is 0 Å². The minimum Gasteiger partial charge on any atom is -0.384 e. The average Bonchev–Trinajstić information content (AvgIpc) is 2.61. The van der Waals surface area contributed by atoms with Gasteiger partial charge in [-0.05, 0) is 5.56 Å². The third-order valence-electron chi connectivity index (χ3n) is 2.91. The van der Waals surface area contributed by atoms with Crippen LogP contribution in [0.3, 0.4) is 0 Å². The number of amides is 1. The molecule has 1 unspecified atom stereocenters.